The molecular formula is C135H75N15. The molecule has 0 radical (unpaired) electrons. The van der Waals surface area contributed by atoms with E-state index in [4.69, 9.17) is 19.7 Å². The average Bonchev–Trinajstić information content (AvgIpc) is 1.57. The minimum Gasteiger partial charge on any atom is -0.319 e. The first kappa shape index (κ1) is 89.2. The molecule has 0 spiro atoms. The molecular weight excluding hydrogens is 1830 g/mol. The summed E-state index contributed by atoms with van der Waals surface area (Å²) in [5.74, 6) is 0. The number of nitrogens with zero attached hydrogens (tertiary/aromatic N) is 15. The summed E-state index contributed by atoms with van der Waals surface area (Å²) in [7, 11) is 0. The molecule has 0 saturated heterocycles. The van der Waals surface area contributed by atoms with E-state index in [0.29, 0.717) is 50.4 Å². The van der Waals surface area contributed by atoms with Gasteiger partial charge < -0.3 is 27.4 Å². The van der Waals surface area contributed by atoms with Gasteiger partial charge >= 0.3 is 0 Å². The van der Waals surface area contributed by atoms with E-state index < -0.39 is 0 Å². The third kappa shape index (κ3) is 14.9. The van der Waals surface area contributed by atoms with E-state index in [1.54, 1.807) is 0 Å². The van der Waals surface area contributed by atoms with Crippen molar-refractivity contribution in [3.05, 3.63) is 523 Å². The zero-order valence-corrected chi connectivity index (χ0v) is 80.0. The summed E-state index contributed by atoms with van der Waals surface area (Å²) in [4.78, 5) is 11.2. The summed E-state index contributed by atoms with van der Waals surface area (Å²) >= 11 is 0. The quantitative estimate of drug-likeness (QED) is 0.110. The number of nitriles is 6. The van der Waals surface area contributed by atoms with Gasteiger partial charge in [-0.3, -0.25) is 0 Å². The fraction of sp³-hybridized carbons (Fsp3) is 0. The SMILES string of the molecule is [C-]#[N+]c1ccc2c(c1)c1ccccc1n2-c1ccc(-c2cc(C#N)ccc2-c2ccccc2-n2c3ccccc3c3cc(C#N)ccc32)cc1.[C-]#[N+]c1ccc2c3ccccc3n(-c3ccc(-c4cc(C#N)ccc4-c4ccccc4-n4c5ccccc5c5cc(C#N)ccc54)cc3)c2c1.[C-]#[N+]c1cccc2c3ccccc3n(-c3ccc(-c4cc(C#N)ccc4-c4ccccc4-n4c5ccccc5c5cc(C#N)ccc54)cc3)c12. The third-order valence-electron chi connectivity index (χ3n) is 28.8. The second-order valence-corrected chi connectivity index (χ2v) is 36.9. The van der Waals surface area contributed by atoms with Crippen LogP contribution in [0.3, 0.4) is 0 Å². The van der Waals surface area contributed by atoms with Crippen LogP contribution in [0.25, 0.3) is 246 Å². The Morgan fingerprint density at radius 2 is 0.427 bits per heavy atom. The molecule has 15 heteroatoms. The molecule has 0 fully saturated rings. The molecule has 0 aliphatic heterocycles. The summed E-state index contributed by atoms with van der Waals surface area (Å²) < 4.78 is 13.4. The number of para-hydroxylation sites is 10. The maximum Gasteiger partial charge on any atom is 0.211 e. The second-order valence-electron chi connectivity index (χ2n) is 36.9. The lowest BCUT2D eigenvalue weighted by atomic mass is 9.92. The van der Waals surface area contributed by atoms with Crippen LogP contribution in [-0.2, 0) is 0 Å². The van der Waals surface area contributed by atoms with Gasteiger partial charge in [-0.25, -0.2) is 14.5 Å². The van der Waals surface area contributed by atoms with Crippen molar-refractivity contribution in [2.24, 2.45) is 0 Å². The van der Waals surface area contributed by atoms with Gasteiger partial charge in [-0.15, -0.1) is 0 Å². The summed E-state index contributed by atoms with van der Waals surface area (Å²) in [6.45, 7) is 23.0. The highest BCUT2D eigenvalue weighted by Crippen LogP contribution is 2.49. The van der Waals surface area contributed by atoms with Crippen LogP contribution in [0.15, 0.2) is 455 Å². The molecule has 0 N–H and O–H groups in total. The largest absolute Gasteiger partial charge is 0.319 e. The molecule has 6 aromatic heterocycles. The number of benzene rings is 21. The predicted octanol–water partition coefficient (Wildman–Crippen LogP) is 34.5. The van der Waals surface area contributed by atoms with Crippen LogP contribution in [0.5, 0.6) is 0 Å². The first-order valence-corrected chi connectivity index (χ1v) is 48.8. The Kier molecular flexibility index (Phi) is 22.0. The number of hydrogen-bond acceptors (Lipinski definition) is 6. The summed E-state index contributed by atoms with van der Waals surface area (Å²) in [6, 6.07) is 167. The Balaban J connectivity index is 0.000000116. The number of fused-ring (bicyclic) bond motifs is 18. The molecule has 15 nitrogen and oxygen atoms in total. The minimum absolute atomic E-state index is 0.579. The number of hydrogen-bond donors (Lipinski definition) is 0. The Morgan fingerprint density at radius 1 is 0.167 bits per heavy atom. The Labute approximate surface area is 860 Å². The highest BCUT2D eigenvalue weighted by atomic mass is 15.0. The van der Waals surface area contributed by atoms with E-state index in [-0.39, 0.29) is 0 Å². The van der Waals surface area contributed by atoms with Crippen LogP contribution < -0.4 is 0 Å². The van der Waals surface area contributed by atoms with Crippen molar-refractivity contribution in [2.45, 2.75) is 0 Å². The molecule has 0 aliphatic carbocycles. The molecule has 0 unspecified atom stereocenters. The highest BCUT2D eigenvalue weighted by molar-refractivity contribution is 6.17. The summed E-state index contributed by atoms with van der Waals surface area (Å²) in [5, 5.41) is 71.8. The lowest BCUT2D eigenvalue weighted by Crippen LogP contribution is -1.98. The molecule has 0 bridgehead atoms. The van der Waals surface area contributed by atoms with Gasteiger partial charge in [-0.05, 0) is 261 Å². The molecule has 0 atom stereocenters. The smallest absolute Gasteiger partial charge is 0.211 e. The van der Waals surface area contributed by atoms with Crippen LogP contribution >= 0.6 is 0 Å². The lowest BCUT2D eigenvalue weighted by molar-refractivity contribution is 1.18. The number of rotatable bonds is 12. The van der Waals surface area contributed by atoms with Gasteiger partial charge in [0.1, 0.15) is 0 Å². The number of aromatic nitrogens is 6. The topological polar surface area (TPSA) is 185 Å². The molecule has 21 aromatic carbocycles. The van der Waals surface area contributed by atoms with E-state index in [2.05, 4.69) is 266 Å². The Morgan fingerprint density at radius 3 is 0.793 bits per heavy atom. The van der Waals surface area contributed by atoms with E-state index in [1.807, 2.05) is 267 Å². The van der Waals surface area contributed by atoms with Crippen LogP contribution in [0.1, 0.15) is 33.4 Å². The second kappa shape index (κ2) is 37.0. The van der Waals surface area contributed by atoms with E-state index in [9.17, 15) is 31.6 Å². The fourth-order valence-corrected chi connectivity index (χ4v) is 22.2. The van der Waals surface area contributed by atoms with Crippen LogP contribution in [-0.4, -0.2) is 27.4 Å². The van der Waals surface area contributed by atoms with Crippen molar-refractivity contribution >= 4 is 148 Å². The predicted molar refractivity (Wildman–Crippen MR) is 605 cm³/mol. The minimum atomic E-state index is 0.579. The van der Waals surface area contributed by atoms with Crippen molar-refractivity contribution in [2.75, 3.05) is 0 Å². The summed E-state index contributed by atoms with van der Waals surface area (Å²) in [6.07, 6.45) is 0. The molecule has 6 heterocycles. The van der Waals surface area contributed by atoms with Crippen molar-refractivity contribution in [1.29, 1.82) is 31.6 Å². The van der Waals surface area contributed by atoms with Crippen molar-refractivity contribution in [3.63, 3.8) is 0 Å². The zero-order valence-electron chi connectivity index (χ0n) is 80.0. The van der Waals surface area contributed by atoms with Gasteiger partial charge in [0.05, 0.1) is 167 Å². The van der Waals surface area contributed by atoms with E-state index in [0.717, 1.165) is 232 Å². The molecule has 27 aromatic rings. The zero-order chi connectivity index (χ0) is 101. The first-order valence-electron chi connectivity index (χ1n) is 48.8. The standard InChI is InChI=1S/3C45H25N5/c1-48-40-13-8-12-37-35-10-3-5-14-41(35)49(45(37)40)32-21-19-31(20-22-32)38-25-29(27-46)17-23-33(38)34-9-2-6-15-42(34)50-43-16-7-4-11-36(43)39-26-30(28-47)18-24-44(39)50;1-48-32-18-23-44-40(26-32)37-10-3-5-11-41(37)49(44)33-19-16-31(17-20-33)38-24-29(27-46)14-21-34(38)35-8-2-6-12-42(35)50-43-13-7-4-9-36(43)39-25-30(28-47)15-22-45(39)50;1-48-32-18-22-38-36-9-3-5-11-41(36)49(45(38)26-32)33-19-16-31(17-20-33)39-24-29(27-46)14-21-34(39)35-8-2-6-12-42(35)50-43-13-7-4-10-37(43)40-25-30(28-47)15-23-44(40)50/h3*2-26H. The maximum atomic E-state index is 9.97. The van der Waals surface area contributed by atoms with Crippen molar-refractivity contribution in [3.8, 4) is 137 Å². The molecule has 0 saturated carbocycles. The fourth-order valence-electron chi connectivity index (χ4n) is 22.2. The monoisotopic (exact) mass is 1910 g/mol. The Hall–Kier alpha value is -22.2. The molecule has 0 aliphatic rings. The van der Waals surface area contributed by atoms with Crippen molar-refractivity contribution < 1.29 is 0 Å². The van der Waals surface area contributed by atoms with Gasteiger partial charge in [0.25, 0.3) is 0 Å². The van der Waals surface area contributed by atoms with Gasteiger partial charge in [0, 0.05) is 93.1 Å². The van der Waals surface area contributed by atoms with Crippen LogP contribution in [0.4, 0.5) is 17.1 Å². The average molecular weight is 1910 g/mol. The molecule has 0 amide bonds. The lowest BCUT2D eigenvalue weighted by Gasteiger charge is -2.18. The van der Waals surface area contributed by atoms with Crippen LogP contribution in [0, 0.1) is 87.7 Å². The van der Waals surface area contributed by atoms with Gasteiger partial charge in [-0.2, -0.15) is 31.6 Å². The van der Waals surface area contributed by atoms with Gasteiger partial charge in [-0.1, -0.05) is 255 Å². The van der Waals surface area contributed by atoms with Gasteiger partial charge in [0.15, 0.2) is 11.4 Å². The van der Waals surface area contributed by atoms with Gasteiger partial charge in [0.2, 0.25) is 5.69 Å². The summed E-state index contributed by atoms with van der Waals surface area (Å²) in [5.41, 5.74) is 35.6. The van der Waals surface area contributed by atoms with E-state index >= 15 is 0 Å². The third-order valence-corrected chi connectivity index (χ3v) is 28.8. The van der Waals surface area contributed by atoms with Crippen molar-refractivity contribution in [1.82, 2.24) is 27.4 Å². The maximum absolute atomic E-state index is 9.97. The van der Waals surface area contributed by atoms with E-state index in [1.165, 1.54) is 0 Å². The normalized spacial score (nSPS) is 11.1. The Bertz CT molecular complexity index is 10800. The molecule has 690 valence electrons. The highest BCUT2D eigenvalue weighted by Gasteiger charge is 2.27. The first-order chi connectivity index (χ1) is 74.0. The van der Waals surface area contributed by atoms with Crippen LogP contribution in [0.2, 0.25) is 0 Å². The molecule has 27 rings (SSSR count). The molecule has 150 heavy (non-hydrogen) atoms.